The fourth-order valence-electron chi connectivity index (χ4n) is 1.97. The number of nitrogen functional groups attached to an aromatic ring is 1. The molecule has 1 unspecified atom stereocenters. The van der Waals surface area contributed by atoms with E-state index in [0.717, 1.165) is 16.9 Å². The largest absolute Gasteiger partial charge is 0.496 e. The van der Waals surface area contributed by atoms with Crippen LogP contribution in [0, 0.1) is 6.92 Å². The smallest absolute Gasteiger partial charge is 0.123 e. The molecule has 0 fully saturated rings. The number of rotatable bonds is 4. The van der Waals surface area contributed by atoms with Crippen LogP contribution in [0.2, 0.25) is 5.02 Å². The van der Waals surface area contributed by atoms with Crippen molar-refractivity contribution in [3.8, 4) is 5.75 Å². The van der Waals surface area contributed by atoms with Crippen molar-refractivity contribution in [3.63, 3.8) is 0 Å². The third-order valence-electron chi connectivity index (χ3n) is 2.94. The zero-order chi connectivity index (χ0) is 14.7. The fraction of sp³-hybridized carbons (Fsp3) is 0.200. The lowest BCUT2D eigenvalue weighted by molar-refractivity contribution is 0.411. The molecule has 2 aromatic carbocycles. The van der Waals surface area contributed by atoms with Gasteiger partial charge in [-0.15, -0.1) is 0 Å². The van der Waals surface area contributed by atoms with Crippen LogP contribution in [-0.4, -0.2) is 11.3 Å². The second-order valence-electron chi connectivity index (χ2n) is 4.49. The molecule has 0 amide bonds. The van der Waals surface area contributed by atoms with Gasteiger partial charge in [-0.2, -0.15) is 0 Å². The van der Waals surface area contributed by atoms with Gasteiger partial charge >= 0.3 is 0 Å². The minimum absolute atomic E-state index is 0.358. The molecule has 106 valence electrons. The van der Waals surface area contributed by atoms with Gasteiger partial charge in [0.05, 0.1) is 28.6 Å². The SMILES string of the molecule is COc1ccc(C)cc1CS(=O)c1ccc(Cl)cc1N. The molecule has 1 atom stereocenters. The van der Waals surface area contributed by atoms with Crippen LogP contribution >= 0.6 is 11.6 Å². The molecule has 0 radical (unpaired) electrons. The summed E-state index contributed by atoms with van der Waals surface area (Å²) in [5, 5.41) is 0.538. The average Bonchev–Trinajstić information content (AvgIpc) is 2.38. The molecule has 0 heterocycles. The van der Waals surface area contributed by atoms with Crippen molar-refractivity contribution < 1.29 is 8.95 Å². The predicted octanol–water partition coefficient (Wildman–Crippen LogP) is 3.55. The molecule has 0 spiro atoms. The Bertz CT molecular complexity index is 658. The number of anilines is 1. The van der Waals surface area contributed by atoms with Crippen molar-refractivity contribution in [1.29, 1.82) is 0 Å². The summed E-state index contributed by atoms with van der Waals surface area (Å²) in [6.07, 6.45) is 0. The predicted molar refractivity (Wildman–Crippen MR) is 83.7 cm³/mol. The van der Waals surface area contributed by atoms with Gasteiger partial charge < -0.3 is 10.5 Å². The van der Waals surface area contributed by atoms with Crippen molar-refractivity contribution in [1.82, 2.24) is 0 Å². The van der Waals surface area contributed by atoms with Crippen LogP contribution in [-0.2, 0) is 16.6 Å². The van der Waals surface area contributed by atoms with E-state index in [1.54, 1.807) is 25.3 Å². The van der Waals surface area contributed by atoms with Crippen LogP contribution < -0.4 is 10.5 Å². The first kappa shape index (κ1) is 14.9. The number of ether oxygens (including phenoxy) is 1. The van der Waals surface area contributed by atoms with Crippen LogP contribution in [0.15, 0.2) is 41.3 Å². The van der Waals surface area contributed by atoms with E-state index < -0.39 is 10.8 Å². The van der Waals surface area contributed by atoms with Crippen molar-refractivity contribution in [2.24, 2.45) is 0 Å². The summed E-state index contributed by atoms with van der Waals surface area (Å²) in [4.78, 5) is 0.595. The maximum absolute atomic E-state index is 12.5. The van der Waals surface area contributed by atoms with Crippen LogP contribution in [0.5, 0.6) is 5.75 Å². The minimum Gasteiger partial charge on any atom is -0.496 e. The molecule has 0 aliphatic heterocycles. The molecule has 3 nitrogen and oxygen atoms in total. The highest BCUT2D eigenvalue weighted by Gasteiger charge is 2.12. The van der Waals surface area contributed by atoms with Gasteiger partial charge in [-0.25, -0.2) is 0 Å². The second kappa shape index (κ2) is 6.29. The Morgan fingerprint density at radius 1 is 1.25 bits per heavy atom. The molecule has 0 saturated carbocycles. The van der Waals surface area contributed by atoms with Gasteiger partial charge in [0.2, 0.25) is 0 Å². The molecule has 0 saturated heterocycles. The van der Waals surface area contributed by atoms with Crippen molar-refractivity contribution >= 4 is 28.1 Å². The summed E-state index contributed by atoms with van der Waals surface area (Å²) in [7, 11) is 0.367. The Labute approximate surface area is 126 Å². The monoisotopic (exact) mass is 309 g/mol. The maximum atomic E-state index is 12.5. The summed E-state index contributed by atoms with van der Waals surface area (Å²) in [5.41, 5.74) is 8.32. The summed E-state index contributed by atoms with van der Waals surface area (Å²) >= 11 is 5.85. The van der Waals surface area contributed by atoms with Crippen molar-refractivity contribution in [2.75, 3.05) is 12.8 Å². The molecule has 5 heteroatoms. The highest BCUT2D eigenvalue weighted by Crippen LogP contribution is 2.26. The summed E-state index contributed by atoms with van der Waals surface area (Å²) in [6, 6.07) is 10.8. The Morgan fingerprint density at radius 2 is 2.00 bits per heavy atom. The zero-order valence-electron chi connectivity index (χ0n) is 11.4. The molecule has 2 aromatic rings. The second-order valence-corrected chi connectivity index (χ2v) is 6.34. The number of hydrogen-bond donors (Lipinski definition) is 1. The molecule has 2 rings (SSSR count). The molecular weight excluding hydrogens is 294 g/mol. The normalized spacial score (nSPS) is 12.2. The first-order valence-corrected chi connectivity index (χ1v) is 7.78. The number of nitrogens with two attached hydrogens (primary N) is 1. The summed E-state index contributed by atoms with van der Waals surface area (Å²) < 4.78 is 17.8. The van der Waals surface area contributed by atoms with Gasteiger partial charge in [-0.3, -0.25) is 4.21 Å². The van der Waals surface area contributed by atoms with E-state index in [1.165, 1.54) is 0 Å². The molecule has 0 aromatic heterocycles. The van der Waals surface area contributed by atoms with E-state index in [2.05, 4.69) is 0 Å². The minimum atomic E-state index is -1.24. The number of aryl methyl sites for hydroxylation is 1. The Morgan fingerprint density at radius 3 is 2.65 bits per heavy atom. The number of hydrogen-bond acceptors (Lipinski definition) is 3. The molecule has 20 heavy (non-hydrogen) atoms. The van der Waals surface area contributed by atoms with E-state index >= 15 is 0 Å². The lowest BCUT2D eigenvalue weighted by Crippen LogP contribution is -2.02. The van der Waals surface area contributed by atoms with Gasteiger partial charge in [0.15, 0.2) is 0 Å². The number of halogens is 1. The zero-order valence-corrected chi connectivity index (χ0v) is 12.9. The molecule has 0 bridgehead atoms. The Kier molecular flexibility index (Phi) is 4.68. The average molecular weight is 310 g/mol. The van der Waals surface area contributed by atoms with Crippen LogP contribution in [0.4, 0.5) is 5.69 Å². The van der Waals surface area contributed by atoms with Crippen molar-refractivity contribution in [2.45, 2.75) is 17.6 Å². The number of methoxy groups -OCH3 is 1. The Balaban J connectivity index is 2.30. The van der Waals surface area contributed by atoms with E-state index in [0.29, 0.717) is 21.4 Å². The fourth-order valence-corrected chi connectivity index (χ4v) is 3.35. The van der Waals surface area contributed by atoms with Gasteiger partial charge in [-0.05, 0) is 31.2 Å². The molecule has 2 N–H and O–H groups in total. The van der Waals surface area contributed by atoms with Gasteiger partial charge in [0, 0.05) is 16.3 Å². The lowest BCUT2D eigenvalue weighted by atomic mass is 10.1. The van der Waals surface area contributed by atoms with E-state index in [9.17, 15) is 4.21 Å². The highest BCUT2D eigenvalue weighted by molar-refractivity contribution is 7.84. The van der Waals surface area contributed by atoms with Crippen LogP contribution in [0.1, 0.15) is 11.1 Å². The van der Waals surface area contributed by atoms with Crippen molar-refractivity contribution in [3.05, 3.63) is 52.5 Å². The quantitative estimate of drug-likeness (QED) is 0.879. The van der Waals surface area contributed by atoms with E-state index in [-0.39, 0.29) is 0 Å². The lowest BCUT2D eigenvalue weighted by Gasteiger charge is -2.10. The van der Waals surface area contributed by atoms with Gasteiger partial charge in [0.25, 0.3) is 0 Å². The van der Waals surface area contributed by atoms with Gasteiger partial charge in [-0.1, -0.05) is 29.3 Å². The highest BCUT2D eigenvalue weighted by atomic mass is 35.5. The number of benzene rings is 2. The molecule has 0 aliphatic carbocycles. The van der Waals surface area contributed by atoms with Gasteiger partial charge in [0.1, 0.15) is 5.75 Å². The summed E-state index contributed by atoms with van der Waals surface area (Å²) in [5.74, 6) is 1.09. The van der Waals surface area contributed by atoms with E-state index in [1.807, 2.05) is 25.1 Å². The van der Waals surface area contributed by atoms with Crippen LogP contribution in [0.3, 0.4) is 0 Å². The topological polar surface area (TPSA) is 52.3 Å². The third kappa shape index (κ3) is 3.32. The Hall–Kier alpha value is -1.52. The molecular formula is C15H16ClNO2S. The standard InChI is InChI=1S/C15H16ClNO2S/c1-10-3-5-14(19-2)11(7-10)9-20(18)15-6-4-12(16)8-13(15)17/h3-8H,9,17H2,1-2H3. The third-order valence-corrected chi connectivity index (χ3v) is 4.61. The maximum Gasteiger partial charge on any atom is 0.123 e. The van der Waals surface area contributed by atoms with Crippen LogP contribution in [0.25, 0.3) is 0 Å². The molecule has 0 aliphatic rings. The summed E-state index contributed by atoms with van der Waals surface area (Å²) in [6.45, 7) is 1.99. The first-order chi connectivity index (χ1) is 9.51. The first-order valence-electron chi connectivity index (χ1n) is 6.08. The van der Waals surface area contributed by atoms with E-state index in [4.69, 9.17) is 22.1 Å².